The van der Waals surface area contributed by atoms with Crippen molar-refractivity contribution in [3.8, 4) is 11.4 Å². The molecule has 0 spiro atoms. The first-order chi connectivity index (χ1) is 14.7. The highest BCUT2D eigenvalue weighted by atomic mass is 35.5. The van der Waals surface area contributed by atoms with Crippen molar-refractivity contribution in [1.29, 1.82) is 0 Å². The van der Waals surface area contributed by atoms with E-state index in [1.54, 1.807) is 38.1 Å². The second-order valence-corrected chi connectivity index (χ2v) is 7.95. The Morgan fingerprint density at radius 3 is 2.61 bits per heavy atom. The fourth-order valence-electron chi connectivity index (χ4n) is 3.35. The van der Waals surface area contributed by atoms with E-state index in [2.05, 4.69) is 30.6 Å². The summed E-state index contributed by atoms with van der Waals surface area (Å²) in [5, 5.41) is 16.1. The normalized spacial score (nSPS) is 12.1. The van der Waals surface area contributed by atoms with Crippen molar-refractivity contribution >= 4 is 23.5 Å². The molecule has 9 nitrogen and oxygen atoms in total. The summed E-state index contributed by atoms with van der Waals surface area (Å²) >= 11 is 6.03. The standard InChI is InChI=1S/C21H25ClN6O3/c1-10(2)23-20-26-18(27-21(31)28-20)16-11(3)17(24-12(16)4)19(30)25-15(9-29)13-6-5-7-14(22)8-13/h5-8,10,15,24,29H,9H2,1-4H3,(H,25,30)(H2,23,26,27,28,31). The van der Waals surface area contributed by atoms with Crippen molar-refractivity contribution in [3.05, 3.63) is 62.3 Å². The van der Waals surface area contributed by atoms with Gasteiger partial charge in [0.25, 0.3) is 5.91 Å². The Morgan fingerprint density at radius 2 is 1.97 bits per heavy atom. The van der Waals surface area contributed by atoms with Crippen LogP contribution in [0.5, 0.6) is 0 Å². The first-order valence-electron chi connectivity index (χ1n) is 9.81. The molecule has 0 saturated heterocycles. The molecule has 164 valence electrons. The molecule has 3 rings (SSSR count). The average Bonchev–Trinajstić information content (AvgIpc) is 2.99. The second kappa shape index (κ2) is 9.32. The van der Waals surface area contributed by atoms with Gasteiger partial charge in [-0.15, -0.1) is 0 Å². The first-order valence-corrected chi connectivity index (χ1v) is 10.2. The Balaban J connectivity index is 1.93. The number of carbonyl (C=O) groups is 1. The van der Waals surface area contributed by atoms with E-state index in [0.717, 1.165) is 0 Å². The number of carbonyl (C=O) groups excluding carboxylic acids is 1. The molecular weight excluding hydrogens is 420 g/mol. The van der Waals surface area contributed by atoms with Gasteiger partial charge in [-0.3, -0.25) is 9.78 Å². The third-order valence-electron chi connectivity index (χ3n) is 4.71. The number of aromatic nitrogens is 4. The predicted molar refractivity (Wildman–Crippen MR) is 119 cm³/mol. The summed E-state index contributed by atoms with van der Waals surface area (Å²) in [6.07, 6.45) is 0. The minimum atomic E-state index is -0.627. The molecule has 0 aliphatic carbocycles. The summed E-state index contributed by atoms with van der Waals surface area (Å²) in [6, 6.07) is 6.36. The van der Waals surface area contributed by atoms with E-state index in [-0.39, 0.29) is 18.6 Å². The lowest BCUT2D eigenvalue weighted by Gasteiger charge is -2.17. The van der Waals surface area contributed by atoms with Gasteiger partial charge in [-0.1, -0.05) is 23.7 Å². The third kappa shape index (κ3) is 5.12. The molecule has 0 aliphatic heterocycles. The number of aliphatic hydroxyl groups excluding tert-OH is 1. The molecular formula is C21H25ClN6O3. The Kier molecular flexibility index (Phi) is 6.77. The van der Waals surface area contributed by atoms with Crippen molar-refractivity contribution in [1.82, 2.24) is 25.3 Å². The fraction of sp³-hybridized carbons (Fsp3) is 0.333. The van der Waals surface area contributed by atoms with Gasteiger partial charge in [0.2, 0.25) is 5.95 Å². The van der Waals surface area contributed by atoms with Gasteiger partial charge in [-0.25, -0.2) is 4.79 Å². The number of aliphatic hydroxyl groups is 1. The van der Waals surface area contributed by atoms with Crippen LogP contribution in [0.15, 0.2) is 29.1 Å². The number of nitrogens with one attached hydrogen (secondary N) is 4. The maximum atomic E-state index is 13.0. The molecule has 2 heterocycles. The third-order valence-corrected chi connectivity index (χ3v) is 4.94. The molecule has 31 heavy (non-hydrogen) atoms. The Hall–Kier alpha value is -3.17. The lowest BCUT2D eigenvalue weighted by atomic mass is 10.1. The molecule has 0 aliphatic rings. The van der Waals surface area contributed by atoms with E-state index in [1.165, 1.54) is 0 Å². The zero-order valence-electron chi connectivity index (χ0n) is 17.7. The van der Waals surface area contributed by atoms with Crippen molar-refractivity contribution < 1.29 is 9.90 Å². The molecule has 2 aromatic heterocycles. The minimum absolute atomic E-state index is 0.0475. The highest BCUT2D eigenvalue weighted by Crippen LogP contribution is 2.27. The van der Waals surface area contributed by atoms with Crippen molar-refractivity contribution in [2.75, 3.05) is 11.9 Å². The molecule has 0 saturated carbocycles. The number of aryl methyl sites for hydroxylation is 1. The van der Waals surface area contributed by atoms with Crippen LogP contribution < -0.4 is 16.3 Å². The number of aromatic amines is 2. The number of benzene rings is 1. The molecule has 10 heteroatoms. The topological polar surface area (TPSA) is 136 Å². The van der Waals surface area contributed by atoms with Crippen LogP contribution in [-0.2, 0) is 0 Å². The SMILES string of the molecule is Cc1[nH]c(C(=O)NC(CO)c2cccc(Cl)c2)c(C)c1-c1nc(NC(C)C)nc(=O)[nH]1. The minimum Gasteiger partial charge on any atom is -0.394 e. The quantitative estimate of drug-likeness (QED) is 0.380. The van der Waals surface area contributed by atoms with Gasteiger partial charge in [0.1, 0.15) is 11.5 Å². The molecule has 3 aromatic rings. The molecule has 1 unspecified atom stereocenters. The van der Waals surface area contributed by atoms with Crippen molar-refractivity contribution in [2.45, 2.75) is 39.8 Å². The van der Waals surface area contributed by atoms with Crippen LogP contribution in [0, 0.1) is 13.8 Å². The molecule has 1 aromatic carbocycles. The lowest BCUT2D eigenvalue weighted by molar-refractivity contribution is 0.0911. The average molecular weight is 445 g/mol. The number of halogens is 1. The van der Waals surface area contributed by atoms with Gasteiger partial charge in [0.15, 0.2) is 0 Å². The largest absolute Gasteiger partial charge is 0.394 e. The summed E-state index contributed by atoms with van der Waals surface area (Å²) in [6.45, 7) is 7.09. The van der Waals surface area contributed by atoms with Crippen LogP contribution in [0.25, 0.3) is 11.4 Å². The summed E-state index contributed by atoms with van der Waals surface area (Å²) < 4.78 is 0. The Morgan fingerprint density at radius 1 is 1.23 bits per heavy atom. The van der Waals surface area contributed by atoms with E-state index in [9.17, 15) is 14.7 Å². The highest BCUT2D eigenvalue weighted by molar-refractivity contribution is 6.30. The van der Waals surface area contributed by atoms with Crippen molar-refractivity contribution in [2.24, 2.45) is 0 Å². The number of nitrogens with zero attached hydrogens (tertiary/aromatic N) is 2. The smallest absolute Gasteiger partial charge is 0.349 e. The lowest BCUT2D eigenvalue weighted by Crippen LogP contribution is -2.31. The fourth-order valence-corrected chi connectivity index (χ4v) is 3.54. The van der Waals surface area contributed by atoms with Gasteiger partial charge in [-0.05, 0) is 51.0 Å². The molecule has 1 atom stereocenters. The number of hydrogen-bond donors (Lipinski definition) is 5. The van der Waals surface area contributed by atoms with Crippen LogP contribution in [0.4, 0.5) is 5.95 Å². The predicted octanol–water partition coefficient (Wildman–Crippen LogP) is 2.71. The summed E-state index contributed by atoms with van der Waals surface area (Å²) in [7, 11) is 0. The number of hydrogen-bond acceptors (Lipinski definition) is 6. The Labute approximate surface area is 184 Å². The monoisotopic (exact) mass is 444 g/mol. The zero-order valence-corrected chi connectivity index (χ0v) is 18.5. The van der Waals surface area contributed by atoms with Crippen LogP contribution >= 0.6 is 11.6 Å². The van der Waals surface area contributed by atoms with Gasteiger partial charge in [0, 0.05) is 22.3 Å². The molecule has 5 N–H and O–H groups in total. The Bertz CT molecular complexity index is 1150. The number of rotatable bonds is 7. The first kappa shape index (κ1) is 22.5. The number of anilines is 1. The molecule has 0 fully saturated rings. The van der Waals surface area contributed by atoms with Crippen molar-refractivity contribution in [3.63, 3.8) is 0 Å². The van der Waals surface area contributed by atoms with E-state index >= 15 is 0 Å². The number of H-pyrrole nitrogens is 2. The van der Waals surface area contributed by atoms with Gasteiger partial charge in [-0.2, -0.15) is 9.97 Å². The zero-order chi connectivity index (χ0) is 22.7. The van der Waals surface area contributed by atoms with E-state index in [1.807, 2.05) is 13.8 Å². The van der Waals surface area contributed by atoms with Gasteiger partial charge in [0.05, 0.1) is 12.6 Å². The highest BCUT2D eigenvalue weighted by Gasteiger charge is 2.23. The van der Waals surface area contributed by atoms with Crippen LogP contribution in [0.1, 0.15) is 47.2 Å². The maximum absolute atomic E-state index is 13.0. The molecule has 1 amide bonds. The van der Waals surface area contributed by atoms with Gasteiger partial charge < -0.3 is 20.7 Å². The van der Waals surface area contributed by atoms with Crippen LogP contribution in [0.2, 0.25) is 5.02 Å². The summed E-state index contributed by atoms with van der Waals surface area (Å²) in [5.74, 6) is 0.117. The van der Waals surface area contributed by atoms with Gasteiger partial charge >= 0.3 is 5.69 Å². The molecule has 0 bridgehead atoms. The number of amides is 1. The van der Waals surface area contributed by atoms with E-state index in [4.69, 9.17) is 11.6 Å². The molecule has 0 radical (unpaired) electrons. The summed E-state index contributed by atoms with van der Waals surface area (Å²) in [4.78, 5) is 38.9. The van der Waals surface area contributed by atoms with E-state index in [0.29, 0.717) is 38.9 Å². The van der Waals surface area contributed by atoms with E-state index < -0.39 is 17.6 Å². The summed E-state index contributed by atoms with van der Waals surface area (Å²) in [5.41, 5.74) is 2.35. The van der Waals surface area contributed by atoms with Crippen LogP contribution in [0.3, 0.4) is 0 Å². The van der Waals surface area contributed by atoms with Crippen LogP contribution in [-0.4, -0.2) is 43.6 Å². The maximum Gasteiger partial charge on any atom is 0.349 e. The second-order valence-electron chi connectivity index (χ2n) is 7.51.